The smallest absolute Gasteiger partial charge is 0.410 e. The van der Waals surface area contributed by atoms with E-state index in [0.717, 1.165) is 36.8 Å². The Hall–Kier alpha value is -4.19. The number of rotatable bonds is 20. The van der Waals surface area contributed by atoms with Crippen LogP contribution in [0.15, 0.2) is 84.6 Å². The molecule has 11 heteroatoms. The van der Waals surface area contributed by atoms with Gasteiger partial charge in [-0.25, -0.2) is 9.18 Å². The molecule has 1 amide bonds. The Bertz CT molecular complexity index is 1600. The van der Waals surface area contributed by atoms with Gasteiger partial charge in [-0.2, -0.15) is 0 Å². The van der Waals surface area contributed by atoms with Crippen molar-refractivity contribution in [3.05, 3.63) is 96.4 Å². The normalized spacial score (nSPS) is 25.0. The third-order valence-corrected chi connectivity index (χ3v) is 10.5. The van der Waals surface area contributed by atoms with Gasteiger partial charge in [-0.3, -0.25) is 4.90 Å². The van der Waals surface area contributed by atoms with Crippen molar-refractivity contribution in [1.29, 1.82) is 0 Å². The van der Waals surface area contributed by atoms with E-state index in [1.165, 1.54) is 12.1 Å². The standard InChI is InChI=1S/C42H55FN2O8/c1-5-23-50-32-19-20-37-35(26-32)39-33(14-10-12-22-47)30(13-9-11-21-46)25-34-36(44-52-8-4)27-38(42(53-37,40(34)39)51-24-6-2)45(41(48)49-7-3)28-29-15-17-31(43)18-16-29/h5-6,15-20,25-26,30,33,38-40,46-47H,1-2,7-14,21-24,27-28H2,3-4H3. The van der Waals surface area contributed by atoms with Gasteiger partial charge in [0.25, 0.3) is 0 Å². The molecule has 0 aromatic heterocycles. The number of carbonyl (C=O) groups excluding carboxylic acids is 1. The molecular weight excluding hydrogens is 679 g/mol. The number of carbonyl (C=O) groups is 1. The molecule has 2 N–H and O–H groups in total. The number of fused-ring (bicyclic) bond motifs is 2. The van der Waals surface area contributed by atoms with E-state index in [9.17, 15) is 19.4 Å². The predicted molar refractivity (Wildman–Crippen MR) is 201 cm³/mol. The van der Waals surface area contributed by atoms with Crippen LogP contribution in [-0.4, -0.2) is 78.4 Å². The minimum absolute atomic E-state index is 0.0678. The van der Waals surface area contributed by atoms with E-state index in [1.54, 1.807) is 36.1 Å². The maximum absolute atomic E-state index is 14.1. The number of benzene rings is 2. The van der Waals surface area contributed by atoms with Gasteiger partial charge in [0.1, 0.15) is 36.6 Å². The lowest BCUT2D eigenvalue weighted by Crippen LogP contribution is -2.70. The summed E-state index contributed by atoms with van der Waals surface area (Å²) < 4.78 is 40.0. The molecule has 5 rings (SSSR count). The summed E-state index contributed by atoms with van der Waals surface area (Å²) in [5, 5.41) is 24.3. The van der Waals surface area contributed by atoms with Crippen LogP contribution in [-0.2, 0) is 20.9 Å². The van der Waals surface area contributed by atoms with Gasteiger partial charge in [-0.1, -0.05) is 54.9 Å². The van der Waals surface area contributed by atoms with Crippen molar-refractivity contribution < 1.29 is 43.2 Å². The van der Waals surface area contributed by atoms with Crippen molar-refractivity contribution in [2.24, 2.45) is 22.9 Å². The Labute approximate surface area is 312 Å². The molecule has 10 nitrogen and oxygen atoms in total. The molecule has 1 aliphatic heterocycles. The Morgan fingerprint density at radius 1 is 1.02 bits per heavy atom. The molecule has 288 valence electrons. The molecule has 0 saturated heterocycles. The summed E-state index contributed by atoms with van der Waals surface area (Å²) >= 11 is 0. The molecule has 0 spiro atoms. The minimum atomic E-state index is -1.44. The minimum Gasteiger partial charge on any atom is -0.490 e. The zero-order valence-electron chi connectivity index (χ0n) is 31.1. The zero-order chi connectivity index (χ0) is 37.8. The molecule has 2 aromatic rings. The number of nitrogens with zero attached hydrogens (tertiary/aromatic N) is 2. The lowest BCUT2D eigenvalue weighted by Gasteiger charge is -2.59. The Kier molecular flexibility index (Phi) is 14.5. The number of unbranched alkanes of at least 4 members (excludes halogenated alkanes) is 2. The Morgan fingerprint density at radius 2 is 1.75 bits per heavy atom. The highest BCUT2D eigenvalue weighted by molar-refractivity contribution is 6.03. The van der Waals surface area contributed by atoms with Gasteiger partial charge >= 0.3 is 6.09 Å². The summed E-state index contributed by atoms with van der Waals surface area (Å²) in [4.78, 5) is 21.5. The van der Waals surface area contributed by atoms with Crippen molar-refractivity contribution in [2.75, 3.05) is 39.6 Å². The van der Waals surface area contributed by atoms with Crippen LogP contribution < -0.4 is 9.47 Å². The van der Waals surface area contributed by atoms with Crippen molar-refractivity contribution in [1.82, 2.24) is 4.90 Å². The number of amides is 1. The number of oxime groups is 1. The molecule has 2 aliphatic carbocycles. The summed E-state index contributed by atoms with van der Waals surface area (Å²) in [6.45, 7) is 12.7. The first-order chi connectivity index (χ1) is 25.8. The molecule has 2 aromatic carbocycles. The van der Waals surface area contributed by atoms with Crippen LogP contribution in [0.5, 0.6) is 11.5 Å². The summed E-state index contributed by atoms with van der Waals surface area (Å²) in [5.41, 5.74) is 3.28. The number of hydrogen-bond donors (Lipinski definition) is 2. The van der Waals surface area contributed by atoms with Crippen LogP contribution >= 0.6 is 0 Å². The second kappa shape index (κ2) is 19.2. The van der Waals surface area contributed by atoms with Crippen molar-refractivity contribution >= 4 is 11.8 Å². The van der Waals surface area contributed by atoms with Gasteiger partial charge in [0.2, 0.25) is 5.79 Å². The van der Waals surface area contributed by atoms with E-state index in [1.807, 2.05) is 25.1 Å². The van der Waals surface area contributed by atoms with Gasteiger partial charge in [-0.15, -0.1) is 6.58 Å². The number of allylic oxidation sites excluding steroid dienone is 1. The number of aliphatic hydroxyl groups excluding tert-OH is 2. The molecule has 0 bridgehead atoms. The largest absolute Gasteiger partial charge is 0.490 e. The van der Waals surface area contributed by atoms with Crippen molar-refractivity contribution in [3.8, 4) is 11.5 Å². The molecule has 1 fully saturated rings. The average molecular weight is 735 g/mol. The van der Waals surface area contributed by atoms with Crippen LogP contribution in [0.3, 0.4) is 0 Å². The van der Waals surface area contributed by atoms with Gasteiger partial charge in [0, 0.05) is 37.7 Å². The van der Waals surface area contributed by atoms with E-state index >= 15 is 0 Å². The number of hydrogen-bond acceptors (Lipinski definition) is 9. The van der Waals surface area contributed by atoms with Crippen LogP contribution in [0.2, 0.25) is 0 Å². The lowest BCUT2D eigenvalue weighted by molar-refractivity contribution is -0.256. The van der Waals surface area contributed by atoms with E-state index in [2.05, 4.69) is 19.2 Å². The summed E-state index contributed by atoms with van der Waals surface area (Å²) in [6, 6.07) is 11.1. The summed E-state index contributed by atoms with van der Waals surface area (Å²) in [6.07, 6.45) is 9.95. The van der Waals surface area contributed by atoms with Gasteiger partial charge in [-0.05, 0) is 92.8 Å². The van der Waals surface area contributed by atoms with E-state index in [4.69, 9.17) is 28.9 Å². The Balaban J connectivity index is 1.79. The highest BCUT2D eigenvalue weighted by atomic mass is 19.1. The second-order valence-corrected chi connectivity index (χ2v) is 13.7. The molecule has 3 aliphatic rings. The van der Waals surface area contributed by atoms with Crippen LogP contribution in [0, 0.1) is 23.6 Å². The van der Waals surface area contributed by atoms with Gasteiger partial charge in [0.15, 0.2) is 0 Å². The molecule has 0 radical (unpaired) electrons. The molecular formula is C42H55FN2O8. The van der Waals surface area contributed by atoms with Gasteiger partial charge < -0.3 is 34.0 Å². The third kappa shape index (κ3) is 8.96. The average Bonchev–Trinajstić information content (AvgIpc) is 3.16. The quantitative estimate of drug-likeness (QED) is 0.0808. The first kappa shape index (κ1) is 40.0. The van der Waals surface area contributed by atoms with Crippen molar-refractivity contribution in [3.63, 3.8) is 0 Å². The summed E-state index contributed by atoms with van der Waals surface area (Å²) in [5.74, 6) is -1.03. The molecule has 6 atom stereocenters. The maximum atomic E-state index is 14.1. The first-order valence-electron chi connectivity index (χ1n) is 19.0. The highest BCUT2D eigenvalue weighted by Crippen LogP contribution is 2.62. The Morgan fingerprint density at radius 3 is 2.43 bits per heavy atom. The highest BCUT2D eigenvalue weighted by Gasteiger charge is 2.65. The molecule has 1 heterocycles. The molecule has 1 saturated carbocycles. The number of halogens is 1. The lowest BCUT2D eigenvalue weighted by atomic mass is 9.55. The predicted octanol–water partition coefficient (Wildman–Crippen LogP) is 7.70. The topological polar surface area (TPSA) is 119 Å². The second-order valence-electron chi connectivity index (χ2n) is 13.7. The zero-order valence-corrected chi connectivity index (χ0v) is 31.1. The van der Waals surface area contributed by atoms with E-state index < -0.39 is 23.8 Å². The van der Waals surface area contributed by atoms with Gasteiger partial charge in [0.05, 0.1) is 24.8 Å². The number of ether oxygens (including phenoxy) is 4. The van der Waals surface area contributed by atoms with E-state index in [0.29, 0.717) is 48.8 Å². The first-order valence-corrected chi connectivity index (χ1v) is 19.0. The van der Waals surface area contributed by atoms with Crippen LogP contribution in [0.1, 0.15) is 75.8 Å². The third-order valence-electron chi connectivity index (χ3n) is 10.5. The fourth-order valence-electron chi connectivity index (χ4n) is 8.33. The van der Waals surface area contributed by atoms with Crippen molar-refractivity contribution in [2.45, 2.75) is 83.1 Å². The monoisotopic (exact) mass is 734 g/mol. The van der Waals surface area contributed by atoms with Crippen LogP contribution in [0.25, 0.3) is 0 Å². The summed E-state index contributed by atoms with van der Waals surface area (Å²) in [7, 11) is 0. The fourth-order valence-corrected chi connectivity index (χ4v) is 8.33. The molecule has 53 heavy (non-hydrogen) atoms. The SMILES string of the molecule is C=CCOc1ccc2c(c1)C1C(CCCCO)C(CCCCO)C=C3C(=NOCC)CC(N(Cc4ccc(F)cc4)C(=O)OCC)C(OCC=C)(O2)C31. The van der Waals surface area contributed by atoms with Crippen LogP contribution in [0.4, 0.5) is 9.18 Å². The maximum Gasteiger partial charge on any atom is 0.410 e. The van der Waals surface area contributed by atoms with E-state index in [-0.39, 0.29) is 63.0 Å². The fraction of sp³-hybridized carbons (Fsp3) is 0.524. The molecule has 6 unspecified atom stereocenters. The number of aliphatic hydroxyl groups is 2.